The van der Waals surface area contributed by atoms with Crippen molar-refractivity contribution < 1.29 is 9.59 Å². The molecule has 26 heavy (non-hydrogen) atoms. The van der Waals surface area contributed by atoms with Gasteiger partial charge in [-0.3, -0.25) is 9.59 Å². The van der Waals surface area contributed by atoms with Crippen LogP contribution in [0.1, 0.15) is 37.7 Å². The third kappa shape index (κ3) is 6.32. The van der Waals surface area contributed by atoms with Crippen LogP contribution in [-0.2, 0) is 9.59 Å². The van der Waals surface area contributed by atoms with Crippen LogP contribution in [0.25, 0.3) is 0 Å². The maximum absolute atomic E-state index is 12.2. The molecule has 0 bridgehead atoms. The first-order valence-corrected chi connectivity index (χ1v) is 10.5. The summed E-state index contributed by atoms with van der Waals surface area (Å²) in [6.07, 6.45) is 6.00. The normalized spacial score (nSPS) is 16.3. The molecule has 6 heteroatoms. The van der Waals surface area contributed by atoms with Crippen molar-refractivity contribution in [1.29, 1.82) is 0 Å². The van der Waals surface area contributed by atoms with Gasteiger partial charge in [-0.05, 0) is 51.6 Å². The Morgan fingerprint density at radius 2 is 1.81 bits per heavy atom. The van der Waals surface area contributed by atoms with Crippen molar-refractivity contribution in [3.05, 3.63) is 29.8 Å². The molecule has 0 unspecified atom stereocenters. The molecule has 2 N–H and O–H groups in total. The zero-order valence-corrected chi connectivity index (χ0v) is 17.0. The van der Waals surface area contributed by atoms with E-state index in [0.29, 0.717) is 12.3 Å². The monoisotopic (exact) mass is 377 g/mol. The number of nitrogens with one attached hydrogen (secondary N) is 2. The number of benzene rings is 1. The third-order valence-electron chi connectivity index (χ3n) is 5.12. The van der Waals surface area contributed by atoms with Crippen LogP contribution in [-0.4, -0.2) is 54.4 Å². The molecule has 1 saturated carbocycles. The van der Waals surface area contributed by atoms with E-state index in [-0.39, 0.29) is 23.1 Å². The largest absolute Gasteiger partial charge is 0.354 e. The van der Waals surface area contributed by atoms with E-state index in [2.05, 4.69) is 29.6 Å². The molecule has 0 aromatic heterocycles. The first kappa shape index (κ1) is 20.8. The van der Waals surface area contributed by atoms with Gasteiger partial charge in [-0.1, -0.05) is 31.4 Å². The van der Waals surface area contributed by atoms with Gasteiger partial charge >= 0.3 is 0 Å². The van der Waals surface area contributed by atoms with Crippen LogP contribution in [0.3, 0.4) is 0 Å². The molecule has 0 atom stereocenters. The lowest BCUT2D eigenvalue weighted by Crippen LogP contribution is -2.54. The van der Waals surface area contributed by atoms with Crippen molar-refractivity contribution in [3.63, 3.8) is 0 Å². The predicted molar refractivity (Wildman–Crippen MR) is 110 cm³/mol. The summed E-state index contributed by atoms with van der Waals surface area (Å²) >= 11 is 1.35. The van der Waals surface area contributed by atoms with Gasteiger partial charge < -0.3 is 15.5 Å². The Bertz CT molecular complexity index is 613. The molecule has 1 aromatic carbocycles. The highest BCUT2D eigenvalue weighted by Gasteiger charge is 2.34. The number of amides is 2. The second kappa shape index (κ2) is 9.97. The standard InChI is InChI=1S/C20H31N3O2S/c1-16-8-7-9-17(12-16)22-19(25)14-26-13-18(24)21-15-20(23(2)3)10-5-4-6-11-20/h7-9,12H,4-6,10-11,13-15H2,1-3H3,(H,21,24)(H,22,25). The van der Waals surface area contributed by atoms with E-state index in [1.165, 1.54) is 31.0 Å². The van der Waals surface area contributed by atoms with E-state index in [9.17, 15) is 9.59 Å². The van der Waals surface area contributed by atoms with Crippen molar-refractivity contribution in [2.75, 3.05) is 37.5 Å². The van der Waals surface area contributed by atoms with Gasteiger partial charge in [0.15, 0.2) is 0 Å². The predicted octanol–water partition coefficient (Wildman–Crippen LogP) is 3.05. The second-order valence-corrected chi connectivity index (χ2v) is 8.35. The summed E-state index contributed by atoms with van der Waals surface area (Å²) in [5, 5.41) is 5.94. The smallest absolute Gasteiger partial charge is 0.234 e. The van der Waals surface area contributed by atoms with Gasteiger partial charge in [0, 0.05) is 17.8 Å². The molecule has 1 aliphatic rings. The Morgan fingerprint density at radius 1 is 1.12 bits per heavy atom. The zero-order chi connectivity index (χ0) is 19.0. The number of hydrogen-bond acceptors (Lipinski definition) is 4. The molecule has 2 amide bonds. The minimum atomic E-state index is -0.0783. The number of likely N-dealkylation sites (N-methyl/N-ethyl adjacent to an activating group) is 1. The van der Waals surface area contributed by atoms with Crippen LogP contribution in [0.15, 0.2) is 24.3 Å². The van der Waals surface area contributed by atoms with Gasteiger partial charge in [-0.2, -0.15) is 0 Å². The maximum atomic E-state index is 12.2. The molecule has 0 aliphatic heterocycles. The number of rotatable bonds is 8. The summed E-state index contributed by atoms with van der Waals surface area (Å²) in [4.78, 5) is 26.4. The lowest BCUT2D eigenvalue weighted by atomic mass is 9.80. The highest BCUT2D eigenvalue weighted by Crippen LogP contribution is 2.31. The molecular weight excluding hydrogens is 346 g/mol. The molecule has 0 radical (unpaired) electrons. The maximum Gasteiger partial charge on any atom is 0.234 e. The molecule has 5 nitrogen and oxygen atoms in total. The Labute approximate surface area is 161 Å². The summed E-state index contributed by atoms with van der Waals surface area (Å²) in [5.41, 5.74) is 1.99. The Hall–Kier alpha value is -1.53. The zero-order valence-electron chi connectivity index (χ0n) is 16.1. The van der Waals surface area contributed by atoms with E-state index >= 15 is 0 Å². The summed E-state index contributed by atoms with van der Waals surface area (Å²) in [5.74, 6) is 0.515. The van der Waals surface area contributed by atoms with Crippen LogP contribution < -0.4 is 10.6 Å². The number of anilines is 1. The number of carbonyl (C=O) groups is 2. The first-order chi connectivity index (χ1) is 12.4. The van der Waals surface area contributed by atoms with Gasteiger partial charge in [-0.15, -0.1) is 11.8 Å². The molecule has 2 rings (SSSR count). The van der Waals surface area contributed by atoms with Gasteiger partial charge in [-0.25, -0.2) is 0 Å². The molecule has 0 spiro atoms. The third-order valence-corrected chi connectivity index (χ3v) is 6.05. The Balaban J connectivity index is 1.69. The van der Waals surface area contributed by atoms with E-state index in [0.717, 1.165) is 24.1 Å². The fourth-order valence-corrected chi connectivity index (χ4v) is 4.11. The molecule has 1 aromatic rings. The minimum absolute atomic E-state index is 0.00477. The van der Waals surface area contributed by atoms with Crippen LogP contribution in [0.4, 0.5) is 5.69 Å². The summed E-state index contributed by atoms with van der Waals surface area (Å²) in [6.45, 7) is 2.68. The number of nitrogens with zero attached hydrogens (tertiary/aromatic N) is 1. The van der Waals surface area contributed by atoms with Crippen LogP contribution >= 0.6 is 11.8 Å². The summed E-state index contributed by atoms with van der Waals surface area (Å²) in [7, 11) is 4.20. The van der Waals surface area contributed by atoms with E-state index in [1.807, 2.05) is 31.2 Å². The quantitative estimate of drug-likeness (QED) is 0.731. The molecule has 1 aliphatic carbocycles. The number of thioether (sulfide) groups is 1. The highest BCUT2D eigenvalue weighted by atomic mass is 32.2. The van der Waals surface area contributed by atoms with E-state index in [1.54, 1.807) is 0 Å². The van der Waals surface area contributed by atoms with E-state index in [4.69, 9.17) is 0 Å². The van der Waals surface area contributed by atoms with Crippen LogP contribution in [0.2, 0.25) is 0 Å². The second-order valence-electron chi connectivity index (χ2n) is 7.37. The average molecular weight is 378 g/mol. The molecule has 0 heterocycles. The molecule has 144 valence electrons. The van der Waals surface area contributed by atoms with Crippen LogP contribution in [0.5, 0.6) is 0 Å². The Morgan fingerprint density at radius 3 is 2.46 bits per heavy atom. The molecular formula is C20H31N3O2S. The van der Waals surface area contributed by atoms with E-state index < -0.39 is 0 Å². The highest BCUT2D eigenvalue weighted by molar-refractivity contribution is 8.00. The first-order valence-electron chi connectivity index (χ1n) is 9.30. The lowest BCUT2D eigenvalue weighted by molar-refractivity contribution is -0.119. The van der Waals surface area contributed by atoms with Crippen molar-refractivity contribution >= 4 is 29.3 Å². The van der Waals surface area contributed by atoms with Crippen molar-refractivity contribution in [2.45, 2.75) is 44.6 Å². The van der Waals surface area contributed by atoms with Gasteiger partial charge in [0.1, 0.15) is 0 Å². The minimum Gasteiger partial charge on any atom is -0.354 e. The van der Waals surface area contributed by atoms with Gasteiger partial charge in [0.25, 0.3) is 0 Å². The van der Waals surface area contributed by atoms with Crippen molar-refractivity contribution in [3.8, 4) is 0 Å². The number of carbonyl (C=O) groups excluding carboxylic acids is 2. The fourth-order valence-electron chi connectivity index (χ4n) is 3.46. The lowest BCUT2D eigenvalue weighted by Gasteiger charge is -2.43. The topological polar surface area (TPSA) is 61.4 Å². The number of hydrogen-bond donors (Lipinski definition) is 2. The fraction of sp³-hybridized carbons (Fsp3) is 0.600. The van der Waals surface area contributed by atoms with Crippen LogP contribution in [0, 0.1) is 6.92 Å². The molecule has 1 fully saturated rings. The summed E-state index contributed by atoms with van der Waals surface area (Å²) < 4.78 is 0. The van der Waals surface area contributed by atoms with Crippen molar-refractivity contribution in [1.82, 2.24) is 10.2 Å². The van der Waals surface area contributed by atoms with Crippen molar-refractivity contribution in [2.24, 2.45) is 0 Å². The van der Waals surface area contributed by atoms with Gasteiger partial charge in [0.2, 0.25) is 11.8 Å². The summed E-state index contributed by atoms with van der Waals surface area (Å²) in [6, 6.07) is 7.70. The Kier molecular flexibility index (Phi) is 7.97. The number of aryl methyl sites for hydroxylation is 1. The average Bonchev–Trinajstić information content (AvgIpc) is 2.60. The molecule has 0 saturated heterocycles. The SMILES string of the molecule is Cc1cccc(NC(=O)CSCC(=O)NCC2(N(C)C)CCCCC2)c1. The van der Waals surface area contributed by atoms with Gasteiger partial charge in [0.05, 0.1) is 11.5 Å².